The summed E-state index contributed by atoms with van der Waals surface area (Å²) in [6, 6.07) is 7.31. The number of rotatable bonds is 5. The Balaban J connectivity index is 1.60. The minimum Gasteiger partial charge on any atom is -0.348 e. The van der Waals surface area contributed by atoms with Gasteiger partial charge in [-0.05, 0) is 62.5 Å². The Kier molecular flexibility index (Phi) is 5.79. The lowest BCUT2D eigenvalue weighted by atomic mass is 9.77. The third-order valence-electron chi connectivity index (χ3n) is 5.67. The third-order valence-corrected chi connectivity index (χ3v) is 6.41. The summed E-state index contributed by atoms with van der Waals surface area (Å²) in [5.41, 5.74) is 0.180. The molecule has 1 saturated carbocycles. The lowest BCUT2D eigenvalue weighted by Crippen LogP contribution is -2.50. The number of carbonyl (C=O) groups is 3. The molecular formula is C20H27N3O3S. The molecule has 27 heavy (non-hydrogen) atoms. The molecule has 1 aliphatic carbocycles. The highest BCUT2D eigenvalue weighted by molar-refractivity contribution is 7.98. The van der Waals surface area contributed by atoms with Gasteiger partial charge in [0.2, 0.25) is 5.91 Å². The van der Waals surface area contributed by atoms with Gasteiger partial charge >= 0.3 is 6.03 Å². The summed E-state index contributed by atoms with van der Waals surface area (Å²) in [6.45, 7) is 3.81. The van der Waals surface area contributed by atoms with Crippen LogP contribution in [0.2, 0.25) is 0 Å². The first kappa shape index (κ1) is 19.7. The molecule has 0 radical (unpaired) electrons. The number of benzene rings is 1. The van der Waals surface area contributed by atoms with Crippen molar-refractivity contribution in [2.75, 3.05) is 12.8 Å². The second-order valence-corrected chi connectivity index (χ2v) is 8.53. The number of hydrogen-bond donors (Lipinski definition) is 2. The van der Waals surface area contributed by atoms with Gasteiger partial charge in [-0.25, -0.2) is 4.79 Å². The number of carbonyl (C=O) groups excluding carboxylic acids is 3. The van der Waals surface area contributed by atoms with E-state index >= 15 is 0 Å². The van der Waals surface area contributed by atoms with Gasteiger partial charge in [0.05, 0.1) is 6.04 Å². The van der Waals surface area contributed by atoms with E-state index in [9.17, 15) is 14.4 Å². The van der Waals surface area contributed by atoms with E-state index in [1.807, 2.05) is 37.4 Å². The number of hydrogen-bond acceptors (Lipinski definition) is 4. The molecule has 0 bridgehead atoms. The van der Waals surface area contributed by atoms with Crippen molar-refractivity contribution < 1.29 is 14.4 Å². The predicted molar refractivity (Wildman–Crippen MR) is 105 cm³/mol. The Hall–Kier alpha value is -2.02. The topological polar surface area (TPSA) is 78.5 Å². The van der Waals surface area contributed by atoms with Crippen molar-refractivity contribution in [1.82, 2.24) is 15.5 Å². The molecule has 4 amide bonds. The Labute approximate surface area is 164 Å². The van der Waals surface area contributed by atoms with Crippen molar-refractivity contribution in [3.05, 3.63) is 29.8 Å². The summed E-state index contributed by atoms with van der Waals surface area (Å²) >= 11 is 1.66. The Morgan fingerprint density at radius 2 is 1.93 bits per heavy atom. The first-order valence-electron chi connectivity index (χ1n) is 9.42. The molecule has 1 atom stereocenters. The fourth-order valence-electron chi connectivity index (χ4n) is 3.82. The average Bonchev–Trinajstić information content (AvgIpc) is 2.88. The van der Waals surface area contributed by atoms with E-state index in [0.29, 0.717) is 18.8 Å². The highest BCUT2D eigenvalue weighted by Crippen LogP contribution is 2.36. The Bertz CT molecular complexity index is 726. The Morgan fingerprint density at radius 1 is 1.30 bits per heavy atom. The summed E-state index contributed by atoms with van der Waals surface area (Å²) in [7, 11) is 0. The van der Waals surface area contributed by atoms with Crippen LogP contribution in [0.5, 0.6) is 0 Å². The normalized spacial score (nSPS) is 26.2. The van der Waals surface area contributed by atoms with E-state index in [0.717, 1.165) is 28.2 Å². The first-order valence-corrected chi connectivity index (χ1v) is 10.6. The molecule has 1 aromatic rings. The molecule has 3 rings (SSSR count). The van der Waals surface area contributed by atoms with E-state index in [2.05, 4.69) is 17.6 Å². The molecule has 1 saturated heterocycles. The van der Waals surface area contributed by atoms with Gasteiger partial charge in [0.1, 0.15) is 12.1 Å². The van der Waals surface area contributed by atoms with Gasteiger partial charge in [-0.2, -0.15) is 0 Å². The SMILES string of the molecule is CSc1ccc(C(C)NC(=O)CN2C(=O)NC3(CCC(C)CC3)C2=O)cc1. The molecule has 2 fully saturated rings. The van der Waals surface area contributed by atoms with Crippen molar-refractivity contribution in [1.29, 1.82) is 0 Å². The molecule has 1 spiro atoms. The molecule has 1 aliphatic heterocycles. The smallest absolute Gasteiger partial charge is 0.325 e. The fourth-order valence-corrected chi connectivity index (χ4v) is 4.23. The average molecular weight is 390 g/mol. The molecule has 1 heterocycles. The van der Waals surface area contributed by atoms with Crippen molar-refractivity contribution in [2.45, 2.75) is 56.0 Å². The van der Waals surface area contributed by atoms with Gasteiger partial charge in [0.25, 0.3) is 5.91 Å². The lowest BCUT2D eigenvalue weighted by molar-refractivity contribution is -0.136. The maximum absolute atomic E-state index is 12.8. The zero-order valence-electron chi connectivity index (χ0n) is 16.1. The van der Waals surface area contributed by atoms with Crippen LogP contribution in [-0.2, 0) is 9.59 Å². The fraction of sp³-hybridized carbons (Fsp3) is 0.550. The van der Waals surface area contributed by atoms with Crippen LogP contribution in [0, 0.1) is 5.92 Å². The molecule has 1 unspecified atom stereocenters. The zero-order valence-corrected chi connectivity index (χ0v) is 16.9. The number of nitrogens with one attached hydrogen (secondary N) is 2. The van der Waals surface area contributed by atoms with Crippen LogP contribution in [0.1, 0.15) is 51.1 Å². The van der Waals surface area contributed by atoms with E-state index in [4.69, 9.17) is 0 Å². The van der Waals surface area contributed by atoms with E-state index in [-0.39, 0.29) is 24.4 Å². The quantitative estimate of drug-likeness (QED) is 0.599. The summed E-state index contributed by atoms with van der Waals surface area (Å²) in [6.07, 6.45) is 5.13. The highest BCUT2D eigenvalue weighted by atomic mass is 32.2. The van der Waals surface area contributed by atoms with E-state index < -0.39 is 11.6 Å². The van der Waals surface area contributed by atoms with Crippen LogP contribution < -0.4 is 10.6 Å². The van der Waals surface area contributed by atoms with Crippen LogP contribution >= 0.6 is 11.8 Å². The largest absolute Gasteiger partial charge is 0.348 e. The second-order valence-electron chi connectivity index (χ2n) is 7.65. The Morgan fingerprint density at radius 3 is 2.52 bits per heavy atom. The number of nitrogens with zero attached hydrogens (tertiary/aromatic N) is 1. The van der Waals surface area contributed by atoms with Gasteiger partial charge in [-0.3, -0.25) is 14.5 Å². The molecule has 146 valence electrons. The van der Waals surface area contributed by atoms with E-state index in [1.165, 1.54) is 0 Å². The third kappa shape index (κ3) is 4.13. The maximum Gasteiger partial charge on any atom is 0.325 e. The van der Waals surface area contributed by atoms with Crippen LogP contribution in [0.25, 0.3) is 0 Å². The van der Waals surface area contributed by atoms with Crippen LogP contribution in [-0.4, -0.2) is 41.1 Å². The van der Waals surface area contributed by atoms with Crippen molar-refractivity contribution in [3.63, 3.8) is 0 Å². The summed E-state index contributed by atoms with van der Waals surface area (Å²) in [5.74, 6) is -0.0243. The minimum absolute atomic E-state index is 0.196. The summed E-state index contributed by atoms with van der Waals surface area (Å²) in [4.78, 5) is 39.8. The second kappa shape index (κ2) is 7.92. The van der Waals surface area contributed by atoms with Gasteiger partial charge < -0.3 is 10.6 Å². The lowest BCUT2D eigenvalue weighted by Gasteiger charge is -2.33. The molecule has 7 heteroatoms. The monoisotopic (exact) mass is 389 g/mol. The van der Waals surface area contributed by atoms with Crippen molar-refractivity contribution in [3.8, 4) is 0 Å². The van der Waals surface area contributed by atoms with Gasteiger partial charge in [-0.1, -0.05) is 19.1 Å². The van der Waals surface area contributed by atoms with Gasteiger partial charge in [-0.15, -0.1) is 11.8 Å². The van der Waals surface area contributed by atoms with Crippen LogP contribution in [0.4, 0.5) is 4.79 Å². The molecule has 6 nitrogen and oxygen atoms in total. The molecule has 2 aliphatic rings. The summed E-state index contributed by atoms with van der Waals surface area (Å²) < 4.78 is 0. The molecule has 1 aromatic carbocycles. The van der Waals surface area contributed by atoms with Gasteiger partial charge in [0.15, 0.2) is 0 Å². The number of amides is 4. The predicted octanol–water partition coefficient (Wildman–Crippen LogP) is 3.09. The van der Waals surface area contributed by atoms with Crippen molar-refractivity contribution >= 4 is 29.6 Å². The standard InChI is InChI=1S/C20H27N3O3S/c1-13-8-10-20(11-9-13)18(25)23(19(26)22-20)12-17(24)21-14(2)15-4-6-16(27-3)7-5-15/h4-7,13-14H,8-12H2,1-3H3,(H,21,24)(H,22,26). The number of thioether (sulfide) groups is 1. The minimum atomic E-state index is -0.802. The molecule has 2 N–H and O–H groups in total. The molecule has 0 aromatic heterocycles. The van der Waals surface area contributed by atoms with Crippen LogP contribution in [0.15, 0.2) is 29.2 Å². The summed E-state index contributed by atoms with van der Waals surface area (Å²) in [5, 5.41) is 5.73. The van der Waals surface area contributed by atoms with Crippen LogP contribution in [0.3, 0.4) is 0 Å². The van der Waals surface area contributed by atoms with Crippen molar-refractivity contribution in [2.24, 2.45) is 5.92 Å². The van der Waals surface area contributed by atoms with E-state index in [1.54, 1.807) is 11.8 Å². The first-order chi connectivity index (χ1) is 12.8. The molecular weight excluding hydrogens is 362 g/mol. The highest BCUT2D eigenvalue weighted by Gasteiger charge is 2.52. The van der Waals surface area contributed by atoms with Gasteiger partial charge in [0, 0.05) is 4.90 Å². The number of urea groups is 1. The zero-order chi connectivity index (χ0) is 19.6. The number of imide groups is 1. The maximum atomic E-state index is 12.8.